The Bertz CT molecular complexity index is 1010. The van der Waals surface area contributed by atoms with Gasteiger partial charge in [-0.3, -0.25) is 4.79 Å². The van der Waals surface area contributed by atoms with Gasteiger partial charge in [0.15, 0.2) is 0 Å². The Kier molecular flexibility index (Phi) is 4.52. The first-order valence-corrected chi connectivity index (χ1v) is 8.03. The Morgan fingerprint density at radius 2 is 1.80 bits per heavy atom. The first-order chi connectivity index (χ1) is 12.0. The zero-order valence-corrected chi connectivity index (χ0v) is 14.5. The van der Waals surface area contributed by atoms with E-state index in [-0.39, 0.29) is 18.1 Å². The molecule has 0 aliphatic heterocycles. The van der Waals surface area contributed by atoms with E-state index in [0.29, 0.717) is 11.1 Å². The van der Waals surface area contributed by atoms with Crippen LogP contribution in [0.25, 0.3) is 10.8 Å². The van der Waals surface area contributed by atoms with E-state index in [9.17, 15) is 9.59 Å². The van der Waals surface area contributed by atoms with Crippen LogP contribution in [0, 0.1) is 13.8 Å². The third-order valence-electron chi connectivity index (χ3n) is 4.21. The predicted molar refractivity (Wildman–Crippen MR) is 98.8 cm³/mol. The Hall–Kier alpha value is -3.15. The Labute approximate surface area is 145 Å². The summed E-state index contributed by atoms with van der Waals surface area (Å²) in [4.78, 5) is 24.3. The molecule has 3 aromatic rings. The molecule has 1 heterocycles. The second-order valence-electron chi connectivity index (χ2n) is 6.03. The molecule has 1 aromatic heterocycles. The van der Waals surface area contributed by atoms with Gasteiger partial charge in [0.1, 0.15) is 0 Å². The van der Waals surface area contributed by atoms with Gasteiger partial charge in [0, 0.05) is 18.1 Å². The minimum Gasteiger partial charge on any atom is -0.332 e. The van der Waals surface area contributed by atoms with Crippen LogP contribution in [-0.2, 0) is 13.6 Å². The highest BCUT2D eigenvalue weighted by Crippen LogP contribution is 2.15. The van der Waals surface area contributed by atoms with E-state index in [4.69, 9.17) is 0 Å². The lowest BCUT2D eigenvalue weighted by Gasteiger charge is -2.11. The average molecular weight is 336 g/mol. The van der Waals surface area contributed by atoms with Crippen LogP contribution in [0.2, 0.25) is 0 Å². The molecule has 0 aliphatic rings. The van der Waals surface area contributed by atoms with Gasteiger partial charge >= 0.3 is 6.03 Å². The van der Waals surface area contributed by atoms with Gasteiger partial charge in [-0.2, -0.15) is 5.10 Å². The molecule has 0 saturated heterocycles. The molecule has 6 nitrogen and oxygen atoms in total. The highest BCUT2D eigenvalue weighted by atomic mass is 16.2. The highest BCUT2D eigenvalue weighted by Gasteiger charge is 2.10. The maximum absolute atomic E-state index is 12.2. The number of aromatic nitrogens is 2. The van der Waals surface area contributed by atoms with Crippen LogP contribution in [0.1, 0.15) is 16.8 Å². The van der Waals surface area contributed by atoms with Gasteiger partial charge in [0.2, 0.25) is 0 Å². The Morgan fingerprint density at radius 1 is 1.08 bits per heavy atom. The van der Waals surface area contributed by atoms with Crippen molar-refractivity contribution < 1.29 is 4.79 Å². The van der Waals surface area contributed by atoms with Gasteiger partial charge in [-0.25, -0.2) is 9.48 Å². The van der Waals surface area contributed by atoms with Crippen molar-refractivity contribution in [2.24, 2.45) is 7.05 Å². The van der Waals surface area contributed by atoms with Crippen LogP contribution in [0.5, 0.6) is 0 Å². The van der Waals surface area contributed by atoms with Crippen LogP contribution in [0.15, 0.2) is 47.3 Å². The molecule has 0 bridgehead atoms. The van der Waals surface area contributed by atoms with Crippen LogP contribution >= 0.6 is 0 Å². The fraction of sp³-hybridized carbons (Fsp3) is 0.211. The number of nitrogens with one attached hydrogen (secondary N) is 2. The molecule has 0 fully saturated rings. The smallest absolute Gasteiger partial charge is 0.319 e. The third kappa shape index (κ3) is 3.52. The van der Waals surface area contributed by atoms with Crippen molar-refractivity contribution in [3.63, 3.8) is 0 Å². The molecular formula is C19H20N4O2. The minimum absolute atomic E-state index is 0.154. The van der Waals surface area contributed by atoms with E-state index in [0.717, 1.165) is 16.6 Å². The lowest BCUT2D eigenvalue weighted by molar-refractivity contribution is 0.251. The summed E-state index contributed by atoms with van der Waals surface area (Å²) in [6.45, 7) is 4.25. The van der Waals surface area contributed by atoms with E-state index in [1.165, 1.54) is 10.2 Å². The molecule has 128 valence electrons. The zero-order valence-electron chi connectivity index (χ0n) is 14.5. The molecule has 0 aliphatic carbocycles. The molecule has 25 heavy (non-hydrogen) atoms. The van der Waals surface area contributed by atoms with E-state index < -0.39 is 0 Å². The summed E-state index contributed by atoms with van der Waals surface area (Å²) < 4.78 is 1.29. The molecule has 2 N–H and O–H groups in total. The minimum atomic E-state index is -0.317. The quantitative estimate of drug-likeness (QED) is 0.772. The standard InChI is InChI=1S/C19H20N4O2/c1-12-8-9-14(10-13(12)2)21-19(25)20-11-17-15-6-4-5-7-16(15)18(24)23(3)22-17/h4-10H,11H2,1-3H3,(H2,20,21,25). The maximum Gasteiger partial charge on any atom is 0.319 e. The lowest BCUT2D eigenvalue weighted by Crippen LogP contribution is -2.30. The number of anilines is 1. The van der Waals surface area contributed by atoms with Crippen molar-refractivity contribution in [2.45, 2.75) is 20.4 Å². The summed E-state index contributed by atoms with van der Waals surface area (Å²) in [5, 5.41) is 11.2. The van der Waals surface area contributed by atoms with E-state index in [1.54, 1.807) is 13.1 Å². The van der Waals surface area contributed by atoms with Crippen LogP contribution in [-0.4, -0.2) is 15.8 Å². The molecule has 0 radical (unpaired) electrons. The van der Waals surface area contributed by atoms with Gasteiger partial charge in [-0.1, -0.05) is 24.3 Å². The van der Waals surface area contributed by atoms with Crippen LogP contribution < -0.4 is 16.2 Å². The number of amides is 2. The number of carbonyl (C=O) groups excluding carboxylic acids is 1. The van der Waals surface area contributed by atoms with Crippen LogP contribution in [0.4, 0.5) is 10.5 Å². The maximum atomic E-state index is 12.2. The number of hydrogen-bond acceptors (Lipinski definition) is 3. The Morgan fingerprint density at radius 3 is 2.52 bits per heavy atom. The number of benzene rings is 2. The van der Waals surface area contributed by atoms with E-state index >= 15 is 0 Å². The van der Waals surface area contributed by atoms with Crippen molar-refractivity contribution in [1.82, 2.24) is 15.1 Å². The number of nitrogens with zero attached hydrogens (tertiary/aromatic N) is 2. The molecule has 0 spiro atoms. The van der Waals surface area contributed by atoms with Gasteiger partial charge in [0.25, 0.3) is 5.56 Å². The van der Waals surface area contributed by atoms with Crippen molar-refractivity contribution >= 4 is 22.5 Å². The summed E-state index contributed by atoms with van der Waals surface area (Å²) in [6.07, 6.45) is 0. The number of hydrogen-bond donors (Lipinski definition) is 2. The topological polar surface area (TPSA) is 76.0 Å². The zero-order chi connectivity index (χ0) is 18.0. The molecular weight excluding hydrogens is 316 g/mol. The normalized spacial score (nSPS) is 10.7. The highest BCUT2D eigenvalue weighted by molar-refractivity contribution is 5.90. The lowest BCUT2D eigenvalue weighted by atomic mass is 10.1. The summed E-state index contributed by atoms with van der Waals surface area (Å²) in [6, 6.07) is 12.7. The fourth-order valence-electron chi connectivity index (χ4n) is 2.66. The monoisotopic (exact) mass is 336 g/mol. The number of fused-ring (bicyclic) bond motifs is 1. The van der Waals surface area contributed by atoms with Gasteiger partial charge in [-0.15, -0.1) is 0 Å². The van der Waals surface area contributed by atoms with E-state index in [1.807, 2.05) is 50.2 Å². The third-order valence-corrected chi connectivity index (χ3v) is 4.21. The number of carbonyl (C=O) groups is 1. The largest absolute Gasteiger partial charge is 0.332 e. The molecule has 2 aromatic carbocycles. The summed E-state index contributed by atoms with van der Waals surface area (Å²) in [7, 11) is 1.60. The van der Waals surface area contributed by atoms with Gasteiger partial charge in [-0.05, 0) is 43.2 Å². The summed E-state index contributed by atoms with van der Waals surface area (Å²) in [5.74, 6) is 0. The first kappa shape index (κ1) is 16.7. The second-order valence-corrected chi connectivity index (χ2v) is 6.03. The Balaban J connectivity index is 1.76. The molecule has 2 amide bonds. The number of aryl methyl sites for hydroxylation is 3. The second kappa shape index (κ2) is 6.76. The SMILES string of the molecule is Cc1ccc(NC(=O)NCc2nn(C)c(=O)c3ccccc23)cc1C. The van der Waals surface area contributed by atoms with Crippen molar-refractivity contribution in [3.8, 4) is 0 Å². The molecule has 0 saturated carbocycles. The van der Waals surface area contributed by atoms with Crippen molar-refractivity contribution in [3.05, 3.63) is 69.6 Å². The number of urea groups is 1. The van der Waals surface area contributed by atoms with E-state index in [2.05, 4.69) is 15.7 Å². The molecule has 6 heteroatoms. The summed E-state index contributed by atoms with van der Waals surface area (Å²) in [5.41, 5.74) is 3.51. The summed E-state index contributed by atoms with van der Waals surface area (Å²) >= 11 is 0. The van der Waals surface area contributed by atoms with Gasteiger partial charge in [0.05, 0.1) is 17.6 Å². The number of rotatable bonds is 3. The van der Waals surface area contributed by atoms with Crippen molar-refractivity contribution in [1.29, 1.82) is 0 Å². The molecule has 0 unspecified atom stereocenters. The molecule has 0 atom stereocenters. The van der Waals surface area contributed by atoms with Crippen LogP contribution in [0.3, 0.4) is 0 Å². The first-order valence-electron chi connectivity index (χ1n) is 8.03. The van der Waals surface area contributed by atoms with Gasteiger partial charge < -0.3 is 10.6 Å². The molecule has 3 rings (SSSR count). The fourth-order valence-corrected chi connectivity index (χ4v) is 2.66. The van der Waals surface area contributed by atoms with Crippen molar-refractivity contribution in [2.75, 3.05) is 5.32 Å². The predicted octanol–water partition coefficient (Wildman–Crippen LogP) is 2.87. The average Bonchev–Trinajstić information content (AvgIpc) is 2.60.